The van der Waals surface area contributed by atoms with Gasteiger partial charge in [-0.15, -0.1) is 0 Å². The van der Waals surface area contributed by atoms with Crippen molar-refractivity contribution in [3.8, 4) is 0 Å². The minimum Gasteiger partial charge on any atom is -0.347 e. The Kier molecular flexibility index (Phi) is 2.59. The minimum absolute atomic E-state index is 0.0325. The van der Waals surface area contributed by atoms with Crippen molar-refractivity contribution in [1.82, 2.24) is 15.2 Å². The SMILES string of the molecule is CN1CC2CC(C1)C2NC(=O)c1ccccn1. The predicted molar refractivity (Wildman–Crippen MR) is 64.6 cm³/mol. The van der Waals surface area contributed by atoms with Crippen LogP contribution >= 0.6 is 0 Å². The second kappa shape index (κ2) is 4.11. The van der Waals surface area contributed by atoms with Gasteiger partial charge in [0.2, 0.25) is 0 Å². The van der Waals surface area contributed by atoms with Crippen molar-refractivity contribution in [2.24, 2.45) is 11.8 Å². The summed E-state index contributed by atoms with van der Waals surface area (Å²) in [5.74, 6) is 1.23. The maximum absolute atomic E-state index is 12.0. The molecule has 1 aromatic heterocycles. The smallest absolute Gasteiger partial charge is 0.270 e. The summed E-state index contributed by atoms with van der Waals surface area (Å²) in [5, 5.41) is 3.13. The summed E-state index contributed by atoms with van der Waals surface area (Å²) in [6.45, 7) is 2.20. The number of pyridine rings is 1. The maximum Gasteiger partial charge on any atom is 0.270 e. The van der Waals surface area contributed by atoms with Gasteiger partial charge in [-0.05, 0) is 37.4 Å². The molecule has 1 saturated carbocycles. The molecule has 4 heteroatoms. The van der Waals surface area contributed by atoms with Gasteiger partial charge < -0.3 is 10.2 Å². The van der Waals surface area contributed by atoms with Crippen molar-refractivity contribution in [3.05, 3.63) is 30.1 Å². The lowest BCUT2D eigenvalue weighted by Gasteiger charge is -2.52. The third-order valence-electron chi connectivity index (χ3n) is 3.91. The number of fused-ring (bicyclic) bond motifs is 2. The Bertz CT molecular complexity index is 408. The van der Waals surface area contributed by atoms with Crippen molar-refractivity contribution in [1.29, 1.82) is 0 Å². The Balaban J connectivity index is 1.64. The van der Waals surface area contributed by atoms with Crippen molar-refractivity contribution < 1.29 is 4.79 Å². The van der Waals surface area contributed by atoms with E-state index >= 15 is 0 Å². The summed E-state index contributed by atoms with van der Waals surface area (Å²) in [6, 6.07) is 5.79. The molecule has 1 aromatic rings. The van der Waals surface area contributed by atoms with Crippen LogP contribution in [0.1, 0.15) is 16.9 Å². The number of carbonyl (C=O) groups is 1. The number of aromatic nitrogens is 1. The first-order chi connectivity index (χ1) is 8.24. The summed E-state index contributed by atoms with van der Waals surface area (Å²) in [5.41, 5.74) is 0.519. The number of nitrogens with zero attached hydrogens (tertiary/aromatic N) is 2. The fourth-order valence-corrected chi connectivity index (χ4v) is 3.08. The van der Waals surface area contributed by atoms with Crippen LogP contribution in [0.5, 0.6) is 0 Å². The molecule has 4 rings (SSSR count). The zero-order valence-corrected chi connectivity index (χ0v) is 9.97. The molecule has 1 amide bonds. The van der Waals surface area contributed by atoms with Gasteiger partial charge in [-0.3, -0.25) is 9.78 Å². The molecule has 2 aliphatic heterocycles. The largest absolute Gasteiger partial charge is 0.347 e. The highest BCUT2D eigenvalue weighted by molar-refractivity contribution is 5.92. The molecule has 0 aromatic carbocycles. The van der Waals surface area contributed by atoms with Crippen LogP contribution in [-0.4, -0.2) is 42.0 Å². The first-order valence-corrected chi connectivity index (χ1v) is 6.14. The highest BCUT2D eigenvalue weighted by Gasteiger charge is 2.46. The molecule has 2 bridgehead atoms. The second-order valence-corrected chi connectivity index (χ2v) is 5.19. The monoisotopic (exact) mass is 231 g/mol. The first-order valence-electron chi connectivity index (χ1n) is 6.14. The molecule has 1 N–H and O–H groups in total. The lowest BCUT2D eigenvalue weighted by atomic mass is 9.66. The molecular formula is C13H17N3O. The predicted octanol–water partition coefficient (Wildman–Crippen LogP) is 0.761. The quantitative estimate of drug-likeness (QED) is 0.817. The molecule has 17 heavy (non-hydrogen) atoms. The number of carbonyl (C=O) groups excluding carboxylic acids is 1. The standard InChI is InChI=1S/C13H17N3O/c1-16-7-9-6-10(8-16)12(9)15-13(17)11-4-2-3-5-14-11/h2-5,9-10,12H,6-8H2,1H3,(H,15,17). The van der Waals surface area contributed by atoms with Gasteiger partial charge in [-0.25, -0.2) is 0 Å². The van der Waals surface area contributed by atoms with Crippen molar-refractivity contribution in [2.75, 3.05) is 20.1 Å². The van der Waals surface area contributed by atoms with E-state index in [2.05, 4.69) is 22.2 Å². The summed E-state index contributed by atoms with van der Waals surface area (Å²) >= 11 is 0. The van der Waals surface area contributed by atoms with Crippen molar-refractivity contribution >= 4 is 5.91 Å². The summed E-state index contributed by atoms with van der Waals surface area (Å²) in [7, 11) is 2.15. The van der Waals surface area contributed by atoms with Crippen LogP contribution < -0.4 is 5.32 Å². The Hall–Kier alpha value is -1.42. The van der Waals surface area contributed by atoms with Crippen LogP contribution in [0.4, 0.5) is 0 Å². The van der Waals surface area contributed by atoms with Gasteiger partial charge in [0.05, 0.1) is 0 Å². The zero-order chi connectivity index (χ0) is 11.8. The third kappa shape index (κ3) is 1.93. The van der Waals surface area contributed by atoms with Crippen molar-refractivity contribution in [3.63, 3.8) is 0 Å². The Labute approximate surface area is 101 Å². The van der Waals surface area contributed by atoms with Crippen molar-refractivity contribution in [2.45, 2.75) is 12.5 Å². The first kappa shape index (κ1) is 10.7. The van der Waals surface area contributed by atoms with Crippen LogP contribution in [-0.2, 0) is 0 Å². The number of piperidine rings is 2. The van der Waals surface area contributed by atoms with E-state index in [1.54, 1.807) is 12.3 Å². The van der Waals surface area contributed by atoms with E-state index in [9.17, 15) is 4.79 Å². The van der Waals surface area contributed by atoms with E-state index in [0.29, 0.717) is 23.6 Å². The summed E-state index contributed by atoms with van der Waals surface area (Å²) in [6.07, 6.45) is 2.92. The van der Waals surface area contributed by atoms with Crippen LogP contribution in [0, 0.1) is 11.8 Å². The number of nitrogens with one attached hydrogen (secondary N) is 1. The average Bonchev–Trinajstić information content (AvgIpc) is 2.36. The van der Waals surface area contributed by atoms with Gasteiger partial charge in [0.25, 0.3) is 5.91 Å². The molecule has 2 unspecified atom stereocenters. The molecule has 3 fully saturated rings. The van der Waals surface area contributed by atoms with Crippen LogP contribution in [0.15, 0.2) is 24.4 Å². The average molecular weight is 231 g/mol. The molecule has 2 saturated heterocycles. The van der Waals surface area contributed by atoms with Crippen LogP contribution in [0.25, 0.3) is 0 Å². The van der Waals surface area contributed by atoms with E-state index in [1.165, 1.54) is 6.42 Å². The maximum atomic E-state index is 12.0. The lowest BCUT2D eigenvalue weighted by Crippen LogP contribution is -2.63. The van der Waals surface area contributed by atoms with E-state index in [0.717, 1.165) is 13.1 Å². The molecule has 1 aliphatic carbocycles. The van der Waals surface area contributed by atoms with Gasteiger partial charge in [-0.1, -0.05) is 6.07 Å². The Morgan fingerprint density at radius 3 is 2.82 bits per heavy atom. The lowest BCUT2D eigenvalue weighted by molar-refractivity contribution is -0.000663. The van der Waals surface area contributed by atoms with Gasteiger partial charge in [0, 0.05) is 25.3 Å². The molecular weight excluding hydrogens is 214 g/mol. The molecule has 4 nitrogen and oxygen atoms in total. The topological polar surface area (TPSA) is 45.2 Å². The highest BCUT2D eigenvalue weighted by Crippen LogP contribution is 2.39. The fourth-order valence-electron chi connectivity index (χ4n) is 3.08. The Morgan fingerprint density at radius 2 is 2.18 bits per heavy atom. The normalized spacial score (nSPS) is 31.7. The summed E-state index contributed by atoms with van der Waals surface area (Å²) in [4.78, 5) is 18.4. The second-order valence-electron chi connectivity index (χ2n) is 5.19. The highest BCUT2D eigenvalue weighted by atomic mass is 16.2. The molecule has 3 heterocycles. The molecule has 2 atom stereocenters. The van der Waals surface area contributed by atoms with Crippen LogP contribution in [0.2, 0.25) is 0 Å². The van der Waals surface area contributed by atoms with E-state index in [-0.39, 0.29) is 5.91 Å². The van der Waals surface area contributed by atoms with Gasteiger partial charge in [0.1, 0.15) is 5.69 Å². The zero-order valence-electron chi connectivity index (χ0n) is 9.97. The number of amides is 1. The van der Waals surface area contributed by atoms with Gasteiger partial charge >= 0.3 is 0 Å². The fraction of sp³-hybridized carbons (Fsp3) is 0.538. The van der Waals surface area contributed by atoms with Gasteiger partial charge in [-0.2, -0.15) is 0 Å². The van der Waals surface area contributed by atoms with E-state index in [1.807, 2.05) is 12.1 Å². The molecule has 0 radical (unpaired) electrons. The number of rotatable bonds is 2. The minimum atomic E-state index is -0.0325. The number of hydrogen-bond donors (Lipinski definition) is 1. The molecule has 0 spiro atoms. The van der Waals surface area contributed by atoms with Gasteiger partial charge in [0.15, 0.2) is 0 Å². The van der Waals surface area contributed by atoms with Crippen LogP contribution in [0.3, 0.4) is 0 Å². The third-order valence-corrected chi connectivity index (χ3v) is 3.91. The number of hydrogen-bond acceptors (Lipinski definition) is 3. The van der Waals surface area contributed by atoms with E-state index in [4.69, 9.17) is 0 Å². The summed E-state index contributed by atoms with van der Waals surface area (Å²) < 4.78 is 0. The molecule has 90 valence electrons. The molecule has 3 aliphatic rings. The van der Waals surface area contributed by atoms with E-state index < -0.39 is 0 Å². The Morgan fingerprint density at radius 1 is 1.41 bits per heavy atom.